The molecule has 2 N–H and O–H groups in total. The Morgan fingerprint density at radius 2 is 1.92 bits per heavy atom. The minimum absolute atomic E-state index is 0.0351. The summed E-state index contributed by atoms with van der Waals surface area (Å²) in [6.07, 6.45) is 10.0. The van der Waals surface area contributed by atoms with E-state index in [9.17, 15) is 13.6 Å². The number of nitrogens with zero attached hydrogens (tertiary/aromatic N) is 1. The van der Waals surface area contributed by atoms with Gasteiger partial charge in [0.25, 0.3) is 5.92 Å². The largest absolute Gasteiger partial charge is 0.472 e. The lowest BCUT2D eigenvalue weighted by atomic mass is 9.84. The summed E-state index contributed by atoms with van der Waals surface area (Å²) in [4.78, 5) is 14.6. The van der Waals surface area contributed by atoms with E-state index in [2.05, 4.69) is 43.2 Å². The van der Waals surface area contributed by atoms with Gasteiger partial charge in [-0.3, -0.25) is 4.79 Å². The standard InChI is InChI=1S/C30H49F2N3O2/c1-11-13-14-15-27(33-9)26(22(6)23(7)28(36)20(3)4)17-34-24(8)25-16-21(5)29(35(10)18-25)37-19-30(31,32)12-2/h14-17,20,23-24,27,33-34H,6,11-13,18-19H2,1-5,7-10H3/b15-14-,26-17-. The molecule has 1 heterocycles. The highest BCUT2D eigenvalue weighted by Gasteiger charge is 2.30. The quantitative estimate of drug-likeness (QED) is 0.182. The van der Waals surface area contributed by atoms with E-state index < -0.39 is 12.5 Å². The number of nitrogens with one attached hydrogen (secondary N) is 2. The van der Waals surface area contributed by atoms with Crippen molar-refractivity contribution in [3.05, 3.63) is 59.2 Å². The number of rotatable bonds is 16. The molecule has 0 radical (unpaired) electrons. The Hall–Kier alpha value is -2.41. The van der Waals surface area contributed by atoms with Gasteiger partial charge in [0.05, 0.1) is 6.04 Å². The van der Waals surface area contributed by atoms with Crippen molar-refractivity contribution in [1.29, 1.82) is 0 Å². The summed E-state index contributed by atoms with van der Waals surface area (Å²) in [6.45, 7) is 17.5. The van der Waals surface area contributed by atoms with Crippen molar-refractivity contribution in [2.45, 2.75) is 85.7 Å². The summed E-state index contributed by atoms with van der Waals surface area (Å²) in [7, 11) is 3.75. The van der Waals surface area contributed by atoms with Gasteiger partial charge in [0.1, 0.15) is 5.78 Å². The van der Waals surface area contributed by atoms with Crippen molar-refractivity contribution in [3.63, 3.8) is 0 Å². The smallest absolute Gasteiger partial charge is 0.281 e. The summed E-state index contributed by atoms with van der Waals surface area (Å²) < 4.78 is 32.9. The lowest BCUT2D eigenvalue weighted by Crippen LogP contribution is -2.36. The molecule has 7 heteroatoms. The number of ketones is 1. The number of hydrogen-bond acceptors (Lipinski definition) is 5. The Morgan fingerprint density at radius 1 is 1.27 bits per heavy atom. The first-order valence-electron chi connectivity index (χ1n) is 13.5. The van der Waals surface area contributed by atoms with Crippen molar-refractivity contribution in [2.24, 2.45) is 11.8 Å². The molecular formula is C30H49F2N3O2. The molecule has 0 amide bonds. The summed E-state index contributed by atoms with van der Waals surface area (Å²) in [5.41, 5.74) is 3.64. The normalized spacial score (nSPS) is 17.7. The van der Waals surface area contributed by atoms with Crippen molar-refractivity contribution < 1.29 is 18.3 Å². The van der Waals surface area contributed by atoms with Crippen LogP contribution in [-0.4, -0.2) is 55.9 Å². The highest BCUT2D eigenvalue weighted by molar-refractivity contribution is 5.86. The SMILES string of the molecule is C=C(/C(=C/NC(C)C1=CC(C)=C(OCC(F)(F)CC)N(C)C1)C(/C=C\CCC)NC)C(C)C(=O)C(C)C. The number of carbonyl (C=O) groups excluding carboxylic acids is 1. The van der Waals surface area contributed by atoms with Gasteiger partial charge in [0.2, 0.25) is 0 Å². The van der Waals surface area contributed by atoms with Crippen molar-refractivity contribution in [2.75, 3.05) is 27.2 Å². The average Bonchev–Trinajstić information content (AvgIpc) is 2.85. The van der Waals surface area contributed by atoms with Crippen LogP contribution in [0.2, 0.25) is 0 Å². The number of unbranched alkanes of at least 4 members (excludes halogenated alkanes) is 1. The predicted octanol–water partition coefficient (Wildman–Crippen LogP) is 6.38. The van der Waals surface area contributed by atoms with Crippen LogP contribution >= 0.6 is 0 Å². The molecular weight excluding hydrogens is 472 g/mol. The van der Waals surface area contributed by atoms with Crippen LogP contribution in [0, 0.1) is 11.8 Å². The molecule has 1 aliphatic rings. The van der Waals surface area contributed by atoms with Gasteiger partial charge < -0.3 is 20.3 Å². The predicted molar refractivity (Wildman–Crippen MR) is 150 cm³/mol. The minimum atomic E-state index is -2.85. The lowest BCUT2D eigenvalue weighted by Gasteiger charge is -2.32. The van der Waals surface area contributed by atoms with Crippen molar-refractivity contribution in [1.82, 2.24) is 15.5 Å². The van der Waals surface area contributed by atoms with Gasteiger partial charge in [-0.15, -0.1) is 0 Å². The number of Topliss-reactive ketones (excluding diaryl/α,β-unsaturated/α-hetero) is 1. The van der Waals surface area contributed by atoms with Crippen LogP contribution in [0.1, 0.15) is 67.7 Å². The first kappa shape index (κ1) is 32.6. The number of halogens is 2. The van der Waals surface area contributed by atoms with E-state index in [4.69, 9.17) is 4.74 Å². The first-order valence-corrected chi connectivity index (χ1v) is 13.5. The van der Waals surface area contributed by atoms with Crippen LogP contribution in [-0.2, 0) is 9.53 Å². The fourth-order valence-electron chi connectivity index (χ4n) is 4.17. The molecule has 3 atom stereocenters. The van der Waals surface area contributed by atoms with Crippen LogP contribution < -0.4 is 10.6 Å². The molecule has 3 unspecified atom stereocenters. The van der Waals surface area contributed by atoms with Gasteiger partial charge in [-0.1, -0.05) is 65.8 Å². The topological polar surface area (TPSA) is 53.6 Å². The fourth-order valence-corrected chi connectivity index (χ4v) is 4.17. The van der Waals surface area contributed by atoms with Gasteiger partial charge in [-0.25, -0.2) is 8.78 Å². The first-order chi connectivity index (χ1) is 17.3. The number of allylic oxidation sites excluding steroid dienone is 3. The van der Waals surface area contributed by atoms with E-state index in [1.54, 1.807) is 0 Å². The third-order valence-corrected chi connectivity index (χ3v) is 6.81. The molecule has 0 aromatic rings. The molecule has 0 saturated carbocycles. The van der Waals surface area contributed by atoms with Crippen LogP contribution in [0.4, 0.5) is 8.78 Å². The number of alkyl halides is 2. The molecule has 0 aromatic heterocycles. The van der Waals surface area contributed by atoms with Gasteiger partial charge in [-0.2, -0.15) is 0 Å². The molecule has 1 rings (SSSR count). The number of carbonyl (C=O) groups is 1. The van der Waals surface area contributed by atoms with Crippen LogP contribution in [0.5, 0.6) is 0 Å². The van der Waals surface area contributed by atoms with E-state index in [0.29, 0.717) is 12.4 Å². The van der Waals surface area contributed by atoms with E-state index in [1.807, 2.05) is 59.0 Å². The van der Waals surface area contributed by atoms with Gasteiger partial charge in [0, 0.05) is 49.7 Å². The molecule has 210 valence electrons. The maximum atomic E-state index is 13.7. The Morgan fingerprint density at radius 3 is 2.43 bits per heavy atom. The highest BCUT2D eigenvalue weighted by atomic mass is 19.3. The Bertz CT molecular complexity index is 903. The van der Waals surface area contributed by atoms with Crippen molar-refractivity contribution >= 4 is 5.78 Å². The van der Waals surface area contributed by atoms with Crippen LogP contribution in [0.25, 0.3) is 0 Å². The summed E-state index contributed by atoms with van der Waals surface area (Å²) in [5, 5.41) is 6.84. The maximum Gasteiger partial charge on any atom is 0.281 e. The van der Waals surface area contributed by atoms with Gasteiger partial charge in [-0.05, 0) is 44.0 Å². The number of hydrogen-bond donors (Lipinski definition) is 2. The lowest BCUT2D eigenvalue weighted by molar-refractivity contribution is -0.124. The Labute approximate surface area is 223 Å². The molecule has 0 aromatic carbocycles. The molecule has 0 fully saturated rings. The van der Waals surface area contributed by atoms with Crippen molar-refractivity contribution in [3.8, 4) is 0 Å². The van der Waals surface area contributed by atoms with E-state index >= 15 is 0 Å². The van der Waals surface area contributed by atoms with Gasteiger partial charge in [0.15, 0.2) is 12.5 Å². The fraction of sp³-hybridized carbons (Fsp3) is 0.633. The maximum absolute atomic E-state index is 13.7. The Balaban J connectivity index is 3.21. The van der Waals surface area contributed by atoms with E-state index in [1.165, 1.54) is 6.92 Å². The number of likely N-dealkylation sites (N-methyl/N-ethyl adjacent to an activating group) is 2. The van der Waals surface area contributed by atoms with Crippen LogP contribution in [0.3, 0.4) is 0 Å². The molecule has 5 nitrogen and oxygen atoms in total. The monoisotopic (exact) mass is 521 g/mol. The second kappa shape index (κ2) is 15.1. The molecule has 37 heavy (non-hydrogen) atoms. The van der Waals surface area contributed by atoms with Crippen LogP contribution in [0.15, 0.2) is 59.2 Å². The molecule has 0 bridgehead atoms. The minimum Gasteiger partial charge on any atom is -0.472 e. The third-order valence-electron chi connectivity index (χ3n) is 6.81. The summed E-state index contributed by atoms with van der Waals surface area (Å²) in [6, 6.07) is -0.127. The van der Waals surface area contributed by atoms with E-state index in [0.717, 1.165) is 35.1 Å². The van der Waals surface area contributed by atoms with E-state index in [-0.39, 0.29) is 36.1 Å². The molecule has 0 spiro atoms. The highest BCUT2D eigenvalue weighted by Crippen LogP contribution is 2.27. The summed E-state index contributed by atoms with van der Waals surface area (Å²) in [5.74, 6) is -2.58. The zero-order valence-electron chi connectivity index (χ0n) is 24.4. The average molecular weight is 522 g/mol. The molecule has 1 aliphatic heterocycles. The third kappa shape index (κ3) is 9.76. The second-order valence-electron chi connectivity index (χ2n) is 10.3. The van der Waals surface area contributed by atoms with Gasteiger partial charge >= 0.3 is 0 Å². The summed E-state index contributed by atoms with van der Waals surface area (Å²) >= 11 is 0. The Kier molecular flexibility index (Phi) is 13.3. The molecule has 0 saturated heterocycles. The second-order valence-corrected chi connectivity index (χ2v) is 10.3. The zero-order chi connectivity index (χ0) is 28.3. The number of ether oxygens (including phenoxy) is 1. The molecule has 0 aliphatic carbocycles. The zero-order valence-corrected chi connectivity index (χ0v) is 24.4.